The molecule has 5 N–H and O–H groups in total. The number of primary amides is 1. The summed E-state index contributed by atoms with van der Waals surface area (Å²) in [5.74, 6) is -3.86. The number of nitrogens with two attached hydrogens (primary N) is 1. The number of carbonyl (C=O) groups is 6. The lowest BCUT2D eigenvalue weighted by molar-refractivity contribution is -0.142. The molecule has 5 amide bonds. The smallest absolute Gasteiger partial charge is 0.287 e. The third-order valence-corrected chi connectivity index (χ3v) is 10.9. The minimum absolute atomic E-state index is 0.0734. The molecule has 0 spiro atoms. The molecule has 4 atom stereocenters. The van der Waals surface area contributed by atoms with Gasteiger partial charge in [-0.15, -0.1) is 0 Å². The van der Waals surface area contributed by atoms with Crippen LogP contribution in [0.2, 0.25) is 5.02 Å². The molecule has 1 aromatic carbocycles. The van der Waals surface area contributed by atoms with E-state index in [9.17, 15) is 28.8 Å². The molecule has 1 unspecified atom stereocenters. The number of anilines is 1. The summed E-state index contributed by atoms with van der Waals surface area (Å²) in [5.41, 5.74) is 5.35. The monoisotopic (exact) mass is 750 g/mol. The summed E-state index contributed by atoms with van der Waals surface area (Å²) in [6.07, 6.45) is 11.7. The number of piperazine rings is 1. The molecule has 14 nitrogen and oxygen atoms in total. The standard InChI is InChI=1S/C38H51ClN8O6/c1-38(2,3)32(45-36(52)30(24-11-5-4-6-12-24)44-34(50)28-21-41-15-16-42-28)37(53)46-17-18-47(26-14-8-13-25(39)20-26)29(22-46)35(51)43-27(31(48)33(40)49)19-23-9-7-10-23/h8,13-16,20-21,23-24,27,29-30,32H,4-7,9-12,17-19,22H2,1-3H3,(H2,40,49)(H,43,51)(H,44,50)(H,45,52)/t27?,29-,30-,32+/m0/s1. The first-order chi connectivity index (χ1) is 25.2. The molecule has 0 bridgehead atoms. The molecular formula is C38H51ClN8O6. The Hall–Kier alpha value is -4.59. The third-order valence-electron chi connectivity index (χ3n) is 10.7. The van der Waals surface area contributed by atoms with Crippen molar-refractivity contribution in [2.45, 2.75) is 103 Å². The number of aromatic nitrogens is 2. The van der Waals surface area contributed by atoms with E-state index in [-0.39, 0.29) is 37.2 Å². The van der Waals surface area contributed by atoms with Crippen LogP contribution in [0.1, 0.15) is 89.0 Å². The molecule has 1 aromatic heterocycles. The molecule has 2 aromatic rings. The summed E-state index contributed by atoms with van der Waals surface area (Å²) in [5, 5.41) is 9.12. The second-order valence-electron chi connectivity index (χ2n) is 15.5. The summed E-state index contributed by atoms with van der Waals surface area (Å²) in [6, 6.07) is 3.03. The number of benzene rings is 1. The molecule has 5 rings (SSSR count). The van der Waals surface area contributed by atoms with Crippen LogP contribution in [0.5, 0.6) is 0 Å². The first-order valence-electron chi connectivity index (χ1n) is 18.5. The second kappa shape index (κ2) is 17.5. The Morgan fingerprint density at radius 3 is 2.28 bits per heavy atom. The van der Waals surface area contributed by atoms with Crippen LogP contribution in [0.25, 0.3) is 0 Å². The van der Waals surface area contributed by atoms with E-state index < -0.39 is 64.9 Å². The van der Waals surface area contributed by atoms with Gasteiger partial charge in [-0.25, -0.2) is 4.98 Å². The van der Waals surface area contributed by atoms with Gasteiger partial charge in [-0.3, -0.25) is 33.8 Å². The van der Waals surface area contributed by atoms with E-state index in [1.54, 1.807) is 23.1 Å². The van der Waals surface area contributed by atoms with Gasteiger partial charge in [0, 0.05) is 36.2 Å². The van der Waals surface area contributed by atoms with E-state index >= 15 is 0 Å². The van der Waals surface area contributed by atoms with E-state index in [1.807, 2.05) is 31.7 Å². The average molecular weight is 751 g/mol. The summed E-state index contributed by atoms with van der Waals surface area (Å²) >= 11 is 6.34. The van der Waals surface area contributed by atoms with Gasteiger partial charge in [-0.2, -0.15) is 0 Å². The highest BCUT2D eigenvalue weighted by atomic mass is 35.5. The maximum atomic E-state index is 14.5. The molecule has 1 aliphatic heterocycles. The van der Waals surface area contributed by atoms with Crippen molar-refractivity contribution in [3.05, 3.63) is 53.6 Å². The molecule has 3 fully saturated rings. The number of rotatable bonds is 13. The summed E-state index contributed by atoms with van der Waals surface area (Å²) in [7, 11) is 0. The summed E-state index contributed by atoms with van der Waals surface area (Å²) in [4.78, 5) is 92.3. The van der Waals surface area contributed by atoms with Crippen molar-refractivity contribution >= 4 is 52.6 Å². The van der Waals surface area contributed by atoms with E-state index in [1.165, 1.54) is 18.6 Å². The first kappa shape index (κ1) is 39.6. The highest BCUT2D eigenvalue weighted by Crippen LogP contribution is 2.32. The van der Waals surface area contributed by atoms with Gasteiger partial charge in [0.05, 0.1) is 18.8 Å². The molecule has 2 saturated carbocycles. The van der Waals surface area contributed by atoms with Gasteiger partial charge in [0.1, 0.15) is 23.8 Å². The number of halogens is 1. The Kier molecular flexibility index (Phi) is 13.1. The molecule has 0 radical (unpaired) electrons. The van der Waals surface area contributed by atoms with Crippen molar-refractivity contribution in [2.75, 3.05) is 24.5 Å². The molecule has 2 aliphatic carbocycles. The van der Waals surface area contributed by atoms with Crippen molar-refractivity contribution in [1.29, 1.82) is 0 Å². The Labute approximate surface area is 315 Å². The molecule has 3 aliphatic rings. The van der Waals surface area contributed by atoms with E-state index in [4.69, 9.17) is 17.3 Å². The van der Waals surface area contributed by atoms with Crippen LogP contribution in [0.4, 0.5) is 5.69 Å². The number of nitrogens with zero attached hydrogens (tertiary/aromatic N) is 4. The van der Waals surface area contributed by atoms with Crippen LogP contribution in [0, 0.1) is 17.3 Å². The van der Waals surface area contributed by atoms with Crippen LogP contribution >= 0.6 is 11.6 Å². The topological polar surface area (TPSA) is 197 Å². The summed E-state index contributed by atoms with van der Waals surface area (Å²) < 4.78 is 0. The van der Waals surface area contributed by atoms with Crippen LogP contribution in [-0.4, -0.2) is 94.0 Å². The minimum Gasteiger partial charge on any atom is -0.363 e. The highest BCUT2D eigenvalue weighted by Gasteiger charge is 2.43. The number of amides is 5. The summed E-state index contributed by atoms with van der Waals surface area (Å²) in [6.45, 7) is 5.92. The Morgan fingerprint density at radius 2 is 1.68 bits per heavy atom. The lowest BCUT2D eigenvalue weighted by Crippen LogP contribution is -2.66. The first-order valence-corrected chi connectivity index (χ1v) is 18.9. The van der Waals surface area contributed by atoms with Gasteiger partial charge in [0.25, 0.3) is 11.8 Å². The predicted molar refractivity (Wildman–Crippen MR) is 199 cm³/mol. The number of hydrogen-bond donors (Lipinski definition) is 4. The predicted octanol–water partition coefficient (Wildman–Crippen LogP) is 2.79. The normalized spacial score (nSPS) is 20.0. The second-order valence-corrected chi connectivity index (χ2v) is 16.0. The number of carbonyl (C=O) groups excluding carboxylic acids is 6. The quantitative estimate of drug-likeness (QED) is 0.223. The lowest BCUT2D eigenvalue weighted by atomic mass is 9.80. The number of hydrogen-bond acceptors (Lipinski definition) is 9. The van der Waals surface area contributed by atoms with Gasteiger partial charge in [-0.05, 0) is 54.7 Å². The van der Waals surface area contributed by atoms with E-state index in [0.29, 0.717) is 17.1 Å². The van der Waals surface area contributed by atoms with Crippen molar-refractivity contribution in [3.8, 4) is 0 Å². The van der Waals surface area contributed by atoms with Gasteiger partial charge in [0.2, 0.25) is 23.5 Å². The number of ketones is 1. The van der Waals surface area contributed by atoms with Crippen molar-refractivity contribution in [3.63, 3.8) is 0 Å². The van der Waals surface area contributed by atoms with Crippen molar-refractivity contribution < 1.29 is 28.8 Å². The number of Topliss-reactive ketones (excluding diaryl/α,β-unsaturated/α-hetero) is 1. The molecule has 286 valence electrons. The van der Waals surface area contributed by atoms with Gasteiger partial charge in [0.15, 0.2) is 0 Å². The Morgan fingerprint density at radius 1 is 0.943 bits per heavy atom. The van der Waals surface area contributed by atoms with E-state index in [2.05, 4.69) is 25.9 Å². The lowest BCUT2D eigenvalue weighted by Gasteiger charge is -2.44. The third kappa shape index (κ3) is 10.1. The number of nitrogens with one attached hydrogen (secondary N) is 3. The Balaban J connectivity index is 1.38. The molecule has 2 heterocycles. The fourth-order valence-electron chi connectivity index (χ4n) is 7.46. The van der Waals surface area contributed by atoms with Crippen molar-refractivity contribution in [1.82, 2.24) is 30.8 Å². The van der Waals surface area contributed by atoms with Crippen LogP contribution in [-0.2, 0) is 24.0 Å². The molecular weight excluding hydrogens is 700 g/mol. The van der Waals surface area contributed by atoms with Crippen LogP contribution < -0.4 is 26.6 Å². The Bertz CT molecular complexity index is 1660. The fraction of sp³-hybridized carbons (Fsp3) is 0.579. The zero-order valence-corrected chi connectivity index (χ0v) is 31.4. The van der Waals surface area contributed by atoms with Crippen LogP contribution in [0.15, 0.2) is 42.9 Å². The largest absolute Gasteiger partial charge is 0.363 e. The molecule has 1 saturated heterocycles. The zero-order valence-electron chi connectivity index (χ0n) is 30.7. The maximum absolute atomic E-state index is 14.5. The fourth-order valence-corrected chi connectivity index (χ4v) is 7.65. The van der Waals surface area contributed by atoms with Crippen molar-refractivity contribution in [2.24, 2.45) is 23.0 Å². The minimum atomic E-state index is -1.12. The molecule has 53 heavy (non-hydrogen) atoms. The van der Waals surface area contributed by atoms with Gasteiger partial charge < -0.3 is 31.5 Å². The van der Waals surface area contributed by atoms with E-state index in [0.717, 1.165) is 51.4 Å². The molecule has 15 heteroatoms. The zero-order chi connectivity index (χ0) is 38.3. The maximum Gasteiger partial charge on any atom is 0.287 e. The van der Waals surface area contributed by atoms with Gasteiger partial charge >= 0.3 is 0 Å². The average Bonchev–Trinajstić information content (AvgIpc) is 3.12. The van der Waals surface area contributed by atoms with Crippen LogP contribution in [0.3, 0.4) is 0 Å². The SMILES string of the molecule is CC(C)(C)[C@H](NC(=O)[C@@H](NC(=O)c1cnccn1)C1CCCCC1)C(=O)N1CCN(c2cccc(Cl)c2)[C@H](C(=O)NC(CC2CCC2)C(=O)C(N)=O)C1. The highest BCUT2D eigenvalue weighted by molar-refractivity contribution is 6.37. The van der Waals surface area contributed by atoms with Gasteiger partial charge in [-0.1, -0.05) is 77.0 Å².